The van der Waals surface area contributed by atoms with Gasteiger partial charge in [-0.1, -0.05) is 0 Å². The summed E-state index contributed by atoms with van der Waals surface area (Å²) in [6.07, 6.45) is 2.50. The number of rotatable bonds is 1. The highest BCUT2D eigenvalue weighted by atomic mass is 16.4. The fraction of sp³-hybridized carbons (Fsp3) is 0.500. The molecule has 0 atom stereocenters. The van der Waals surface area contributed by atoms with Crippen LogP contribution in [-0.4, -0.2) is 33.7 Å². The lowest BCUT2D eigenvalue weighted by atomic mass is 10.3. The summed E-state index contributed by atoms with van der Waals surface area (Å²) in [5, 5.41) is 12.0. The van der Waals surface area contributed by atoms with E-state index in [-0.39, 0.29) is 5.82 Å². The fourth-order valence-corrected chi connectivity index (χ4v) is 1.56. The predicted octanol–water partition coefficient (Wildman–Crippen LogP) is -0.273. The summed E-state index contributed by atoms with van der Waals surface area (Å²) < 4.78 is 1.77. The van der Waals surface area contributed by atoms with E-state index in [1.807, 2.05) is 0 Å². The number of aromatic nitrogens is 2. The van der Waals surface area contributed by atoms with E-state index in [0.717, 1.165) is 25.2 Å². The number of nitrogens with one attached hydrogen (secondary N) is 1. The zero-order valence-corrected chi connectivity index (χ0v) is 7.16. The molecule has 0 amide bonds. The minimum atomic E-state index is -0.951. The van der Waals surface area contributed by atoms with Crippen molar-refractivity contribution in [3.63, 3.8) is 0 Å². The number of fused-ring (bicyclic) bond motifs is 1. The molecule has 2 N–H and O–H groups in total. The summed E-state index contributed by atoms with van der Waals surface area (Å²) in [7, 11) is 0. The van der Waals surface area contributed by atoms with Gasteiger partial charge in [0.05, 0.1) is 0 Å². The van der Waals surface area contributed by atoms with Gasteiger partial charge in [-0.25, -0.2) is 9.78 Å². The predicted molar refractivity (Wildman–Crippen MR) is 45.8 cm³/mol. The minimum absolute atomic E-state index is 0.152. The molecule has 2 rings (SSSR count). The molecule has 1 aromatic rings. The van der Waals surface area contributed by atoms with Gasteiger partial charge in [-0.3, -0.25) is 0 Å². The van der Waals surface area contributed by atoms with Crippen LogP contribution in [0.1, 0.15) is 16.3 Å². The van der Waals surface area contributed by atoms with E-state index in [4.69, 9.17) is 5.11 Å². The summed E-state index contributed by atoms with van der Waals surface area (Å²) in [6.45, 7) is 2.39. The Morgan fingerprint density at radius 3 is 3.23 bits per heavy atom. The Hall–Kier alpha value is -1.36. The van der Waals surface area contributed by atoms with Gasteiger partial charge in [0.15, 0.2) is 0 Å². The van der Waals surface area contributed by atoms with E-state index >= 15 is 0 Å². The van der Waals surface area contributed by atoms with E-state index in [1.165, 1.54) is 0 Å². The molecule has 0 fully saturated rings. The first-order valence-electron chi connectivity index (χ1n) is 4.27. The molecule has 0 radical (unpaired) electrons. The molecule has 0 spiro atoms. The zero-order chi connectivity index (χ0) is 9.26. The molecule has 1 aliphatic rings. The Morgan fingerprint density at radius 1 is 1.62 bits per heavy atom. The zero-order valence-electron chi connectivity index (χ0n) is 7.16. The first-order chi connectivity index (χ1) is 6.29. The van der Waals surface area contributed by atoms with Gasteiger partial charge >= 0.3 is 5.97 Å². The van der Waals surface area contributed by atoms with Crippen LogP contribution in [-0.2, 0) is 13.0 Å². The maximum Gasteiger partial charge on any atom is 0.372 e. The largest absolute Gasteiger partial charge is 0.475 e. The summed E-state index contributed by atoms with van der Waals surface area (Å²) in [6, 6.07) is 0. The smallest absolute Gasteiger partial charge is 0.372 e. The van der Waals surface area contributed by atoms with Gasteiger partial charge < -0.3 is 15.0 Å². The van der Waals surface area contributed by atoms with Crippen molar-refractivity contribution in [2.24, 2.45) is 0 Å². The number of aromatic carboxylic acids is 1. The standard InChI is InChI=1S/C8H11N3O2/c12-8(13)7-10-5-6-1-2-9-3-4-11(6)7/h5,9H,1-4H2,(H,12,13). The van der Waals surface area contributed by atoms with E-state index in [9.17, 15) is 4.79 Å². The maximum atomic E-state index is 10.7. The number of carboxylic acid groups (broad SMARTS) is 1. The van der Waals surface area contributed by atoms with Crippen molar-refractivity contribution < 1.29 is 9.90 Å². The van der Waals surface area contributed by atoms with Gasteiger partial charge in [-0.05, 0) is 0 Å². The third-order valence-corrected chi connectivity index (χ3v) is 2.20. The molecule has 0 bridgehead atoms. The van der Waals surface area contributed by atoms with Crippen LogP contribution >= 0.6 is 0 Å². The quantitative estimate of drug-likeness (QED) is 0.625. The van der Waals surface area contributed by atoms with Gasteiger partial charge in [-0.2, -0.15) is 0 Å². The monoisotopic (exact) mass is 181 g/mol. The average molecular weight is 181 g/mol. The summed E-state index contributed by atoms with van der Waals surface area (Å²) >= 11 is 0. The lowest BCUT2D eigenvalue weighted by molar-refractivity contribution is 0.0678. The SMILES string of the molecule is O=C(O)c1ncc2n1CCNCC2. The van der Waals surface area contributed by atoms with Crippen molar-refractivity contribution in [1.29, 1.82) is 0 Å². The molecule has 5 nitrogen and oxygen atoms in total. The molecule has 0 unspecified atom stereocenters. The first kappa shape index (κ1) is 8.25. The van der Waals surface area contributed by atoms with Crippen LogP contribution in [0.5, 0.6) is 0 Å². The minimum Gasteiger partial charge on any atom is -0.475 e. The van der Waals surface area contributed by atoms with Crippen LogP contribution in [0.2, 0.25) is 0 Å². The van der Waals surface area contributed by atoms with Crippen LogP contribution < -0.4 is 5.32 Å². The lowest BCUT2D eigenvalue weighted by Gasteiger charge is -2.03. The van der Waals surface area contributed by atoms with Crippen LogP contribution in [0, 0.1) is 0 Å². The second kappa shape index (κ2) is 3.18. The van der Waals surface area contributed by atoms with Crippen molar-refractivity contribution in [2.75, 3.05) is 13.1 Å². The van der Waals surface area contributed by atoms with E-state index in [0.29, 0.717) is 6.54 Å². The van der Waals surface area contributed by atoms with Gasteiger partial charge in [0.2, 0.25) is 5.82 Å². The normalized spacial score (nSPS) is 16.3. The third kappa shape index (κ3) is 1.42. The van der Waals surface area contributed by atoms with Crippen molar-refractivity contribution in [3.8, 4) is 0 Å². The Labute approximate surface area is 75.4 Å². The van der Waals surface area contributed by atoms with Crippen LogP contribution in [0.4, 0.5) is 0 Å². The fourth-order valence-electron chi connectivity index (χ4n) is 1.56. The number of carboxylic acids is 1. The molecule has 5 heteroatoms. The van der Waals surface area contributed by atoms with Crippen LogP contribution in [0.25, 0.3) is 0 Å². The van der Waals surface area contributed by atoms with Crippen molar-refractivity contribution >= 4 is 5.97 Å². The second-order valence-corrected chi connectivity index (χ2v) is 3.03. The van der Waals surface area contributed by atoms with E-state index in [1.54, 1.807) is 10.8 Å². The Kier molecular flexibility index (Phi) is 2.02. The molecular weight excluding hydrogens is 170 g/mol. The van der Waals surface area contributed by atoms with Crippen LogP contribution in [0.3, 0.4) is 0 Å². The summed E-state index contributed by atoms with van der Waals surface area (Å²) in [5.41, 5.74) is 1.00. The molecule has 1 aromatic heterocycles. The Balaban J connectivity index is 2.39. The second-order valence-electron chi connectivity index (χ2n) is 3.03. The summed E-state index contributed by atoms with van der Waals surface area (Å²) in [4.78, 5) is 14.6. The first-order valence-corrected chi connectivity index (χ1v) is 4.27. The van der Waals surface area contributed by atoms with Crippen LogP contribution in [0.15, 0.2) is 6.20 Å². The van der Waals surface area contributed by atoms with E-state index in [2.05, 4.69) is 10.3 Å². The van der Waals surface area contributed by atoms with E-state index < -0.39 is 5.97 Å². The maximum absolute atomic E-state index is 10.7. The third-order valence-electron chi connectivity index (χ3n) is 2.20. The highest BCUT2D eigenvalue weighted by Crippen LogP contribution is 2.07. The Morgan fingerprint density at radius 2 is 2.46 bits per heavy atom. The van der Waals surface area contributed by atoms with Gasteiger partial charge in [0.1, 0.15) is 0 Å². The molecular formula is C8H11N3O2. The number of nitrogens with zero attached hydrogens (tertiary/aromatic N) is 2. The van der Waals surface area contributed by atoms with Crippen molar-refractivity contribution in [1.82, 2.24) is 14.9 Å². The number of hydrogen-bond acceptors (Lipinski definition) is 3. The molecule has 1 aliphatic heterocycles. The molecule has 13 heavy (non-hydrogen) atoms. The molecule has 70 valence electrons. The lowest BCUT2D eigenvalue weighted by Crippen LogP contribution is -2.19. The van der Waals surface area contributed by atoms with Gasteiger partial charge in [0, 0.05) is 37.9 Å². The topological polar surface area (TPSA) is 67.1 Å². The number of imidazole rings is 1. The molecule has 0 aliphatic carbocycles. The summed E-state index contributed by atoms with van der Waals surface area (Å²) in [5.74, 6) is -0.799. The van der Waals surface area contributed by atoms with Crippen molar-refractivity contribution in [2.45, 2.75) is 13.0 Å². The molecule has 0 saturated carbocycles. The van der Waals surface area contributed by atoms with Gasteiger partial charge in [-0.15, -0.1) is 0 Å². The number of carbonyl (C=O) groups is 1. The van der Waals surface area contributed by atoms with Gasteiger partial charge in [0.25, 0.3) is 0 Å². The highest BCUT2D eigenvalue weighted by molar-refractivity contribution is 5.83. The highest BCUT2D eigenvalue weighted by Gasteiger charge is 2.16. The molecule has 2 heterocycles. The Bertz CT molecular complexity index is 332. The number of hydrogen-bond donors (Lipinski definition) is 2. The average Bonchev–Trinajstić information content (AvgIpc) is 2.36. The van der Waals surface area contributed by atoms with Crippen molar-refractivity contribution in [3.05, 3.63) is 17.7 Å². The molecule has 0 aromatic carbocycles. The molecule has 0 saturated heterocycles.